The fraction of sp³-hybridized carbons (Fsp3) is 0.632. The van der Waals surface area contributed by atoms with Crippen molar-refractivity contribution in [2.24, 2.45) is 5.92 Å². The molecule has 3 rings (SSSR count). The van der Waals surface area contributed by atoms with Crippen LogP contribution in [0.25, 0.3) is 0 Å². The standard InChI is InChI=1S/C19H27NO3/c1-20-13-12-17(14-20)23-18(21)19(22,15-8-4-2-5-9-15)16-10-6-3-7-11-16/h2,4-5,8-9,16-17,22H,3,6-7,10-14H2,1H3/t17-,19?/m1/s1. The Morgan fingerprint density at radius 2 is 1.87 bits per heavy atom. The summed E-state index contributed by atoms with van der Waals surface area (Å²) in [4.78, 5) is 15.1. The molecule has 4 heteroatoms. The van der Waals surface area contributed by atoms with E-state index < -0.39 is 11.6 Å². The largest absolute Gasteiger partial charge is 0.459 e. The quantitative estimate of drug-likeness (QED) is 0.868. The Bertz CT molecular complexity index is 527. The molecular weight excluding hydrogens is 290 g/mol. The zero-order valence-electron chi connectivity index (χ0n) is 13.9. The van der Waals surface area contributed by atoms with Crippen molar-refractivity contribution in [3.63, 3.8) is 0 Å². The molecule has 1 unspecified atom stereocenters. The first-order chi connectivity index (χ1) is 11.1. The first kappa shape index (κ1) is 16.5. The number of benzene rings is 1. The number of rotatable bonds is 4. The zero-order chi connectivity index (χ0) is 16.3. The summed E-state index contributed by atoms with van der Waals surface area (Å²) in [5.74, 6) is -0.513. The summed E-state index contributed by atoms with van der Waals surface area (Å²) in [5.41, 5.74) is -0.841. The molecule has 0 aromatic heterocycles. The maximum Gasteiger partial charge on any atom is 0.343 e. The lowest BCUT2D eigenvalue weighted by Crippen LogP contribution is -2.46. The lowest BCUT2D eigenvalue weighted by atomic mass is 9.73. The Morgan fingerprint density at radius 3 is 2.48 bits per heavy atom. The van der Waals surface area contributed by atoms with Crippen LogP contribution in [0.15, 0.2) is 30.3 Å². The molecule has 2 atom stereocenters. The van der Waals surface area contributed by atoms with Crippen molar-refractivity contribution in [3.8, 4) is 0 Å². The van der Waals surface area contributed by atoms with Crippen molar-refractivity contribution in [1.29, 1.82) is 0 Å². The van der Waals surface area contributed by atoms with Gasteiger partial charge in [-0.2, -0.15) is 0 Å². The Balaban J connectivity index is 1.83. The van der Waals surface area contributed by atoms with Gasteiger partial charge in [0.05, 0.1) is 0 Å². The van der Waals surface area contributed by atoms with Gasteiger partial charge < -0.3 is 14.7 Å². The van der Waals surface area contributed by atoms with E-state index in [1.54, 1.807) is 0 Å². The van der Waals surface area contributed by atoms with Gasteiger partial charge in [-0.05, 0) is 31.9 Å². The molecule has 0 spiro atoms. The monoisotopic (exact) mass is 317 g/mol. The van der Waals surface area contributed by atoms with E-state index in [-0.39, 0.29) is 12.0 Å². The SMILES string of the molecule is CN1CC[C@@H](OC(=O)C(O)(c2ccccc2)C2CCCCC2)C1. The highest BCUT2D eigenvalue weighted by Crippen LogP contribution is 2.40. The molecule has 1 saturated carbocycles. The number of hydrogen-bond donors (Lipinski definition) is 1. The number of nitrogens with zero attached hydrogens (tertiary/aromatic N) is 1. The first-order valence-corrected chi connectivity index (χ1v) is 8.78. The molecule has 1 heterocycles. The molecule has 0 amide bonds. The van der Waals surface area contributed by atoms with Crippen LogP contribution in [0.3, 0.4) is 0 Å². The van der Waals surface area contributed by atoms with E-state index in [0.29, 0.717) is 5.56 Å². The van der Waals surface area contributed by atoms with Crippen molar-refractivity contribution in [1.82, 2.24) is 4.90 Å². The van der Waals surface area contributed by atoms with Gasteiger partial charge in [0.1, 0.15) is 6.10 Å². The average molecular weight is 317 g/mol. The third-order valence-corrected chi connectivity index (χ3v) is 5.34. The summed E-state index contributed by atoms with van der Waals surface area (Å²) in [5, 5.41) is 11.4. The second-order valence-corrected chi connectivity index (χ2v) is 7.05. The Morgan fingerprint density at radius 1 is 1.17 bits per heavy atom. The third-order valence-electron chi connectivity index (χ3n) is 5.34. The van der Waals surface area contributed by atoms with Gasteiger partial charge >= 0.3 is 5.97 Å². The molecule has 1 aromatic rings. The van der Waals surface area contributed by atoms with Crippen LogP contribution in [0, 0.1) is 5.92 Å². The van der Waals surface area contributed by atoms with E-state index in [2.05, 4.69) is 4.90 Å². The smallest absolute Gasteiger partial charge is 0.343 e. The summed E-state index contributed by atoms with van der Waals surface area (Å²) in [6, 6.07) is 9.34. The van der Waals surface area contributed by atoms with E-state index in [1.807, 2.05) is 37.4 Å². The maximum absolute atomic E-state index is 12.9. The lowest BCUT2D eigenvalue weighted by molar-refractivity contribution is -0.180. The number of esters is 1. The van der Waals surface area contributed by atoms with Crippen LogP contribution in [0.1, 0.15) is 44.1 Å². The van der Waals surface area contributed by atoms with Crippen LogP contribution in [0.2, 0.25) is 0 Å². The summed E-state index contributed by atoms with van der Waals surface area (Å²) < 4.78 is 5.72. The van der Waals surface area contributed by atoms with Crippen molar-refractivity contribution < 1.29 is 14.6 Å². The van der Waals surface area contributed by atoms with Gasteiger partial charge in [-0.15, -0.1) is 0 Å². The van der Waals surface area contributed by atoms with Crippen molar-refractivity contribution >= 4 is 5.97 Å². The average Bonchev–Trinajstić information content (AvgIpc) is 3.00. The van der Waals surface area contributed by atoms with Gasteiger partial charge in [-0.25, -0.2) is 4.79 Å². The molecule has 1 saturated heterocycles. The number of likely N-dealkylation sites (N-methyl/N-ethyl adjacent to an activating group) is 1. The highest BCUT2D eigenvalue weighted by Gasteiger charge is 2.48. The number of carbonyl (C=O) groups excluding carboxylic acids is 1. The predicted molar refractivity (Wildman–Crippen MR) is 88.9 cm³/mol. The van der Waals surface area contributed by atoms with Gasteiger partial charge in [0.15, 0.2) is 5.60 Å². The predicted octanol–water partition coefficient (Wildman–Crippen LogP) is 2.70. The summed E-state index contributed by atoms with van der Waals surface area (Å²) in [6.07, 6.45) is 5.82. The van der Waals surface area contributed by atoms with Crippen molar-refractivity contribution in [2.45, 2.75) is 50.2 Å². The van der Waals surface area contributed by atoms with E-state index in [0.717, 1.165) is 45.2 Å². The summed E-state index contributed by atoms with van der Waals surface area (Å²) in [6.45, 7) is 1.69. The van der Waals surface area contributed by atoms with Crippen LogP contribution in [-0.4, -0.2) is 42.2 Å². The minimum absolute atomic E-state index is 0.0507. The molecule has 126 valence electrons. The van der Waals surface area contributed by atoms with Gasteiger partial charge in [-0.3, -0.25) is 0 Å². The van der Waals surface area contributed by atoms with E-state index in [4.69, 9.17) is 4.74 Å². The first-order valence-electron chi connectivity index (χ1n) is 8.78. The summed E-state index contributed by atoms with van der Waals surface area (Å²) in [7, 11) is 2.03. The Hall–Kier alpha value is -1.39. The topological polar surface area (TPSA) is 49.8 Å². The highest BCUT2D eigenvalue weighted by atomic mass is 16.6. The second-order valence-electron chi connectivity index (χ2n) is 7.05. The van der Waals surface area contributed by atoms with Crippen LogP contribution < -0.4 is 0 Å². The lowest BCUT2D eigenvalue weighted by Gasteiger charge is -2.37. The second kappa shape index (κ2) is 7.02. The van der Waals surface area contributed by atoms with E-state index in [9.17, 15) is 9.90 Å². The number of likely N-dealkylation sites (tertiary alicyclic amines) is 1. The summed E-state index contributed by atoms with van der Waals surface area (Å²) >= 11 is 0. The third kappa shape index (κ3) is 3.43. The minimum Gasteiger partial charge on any atom is -0.459 e. The van der Waals surface area contributed by atoms with Crippen LogP contribution in [0.5, 0.6) is 0 Å². The van der Waals surface area contributed by atoms with Gasteiger partial charge in [0.25, 0.3) is 0 Å². The molecule has 1 aliphatic heterocycles. The fourth-order valence-corrected chi connectivity index (χ4v) is 3.96. The van der Waals surface area contributed by atoms with Crippen molar-refractivity contribution in [3.05, 3.63) is 35.9 Å². The molecule has 2 fully saturated rings. The molecule has 1 aliphatic carbocycles. The number of aliphatic hydroxyl groups is 1. The number of ether oxygens (including phenoxy) is 1. The van der Waals surface area contributed by atoms with Gasteiger partial charge in [0.2, 0.25) is 0 Å². The molecule has 0 bridgehead atoms. The minimum atomic E-state index is -1.51. The van der Waals surface area contributed by atoms with Crippen LogP contribution >= 0.6 is 0 Å². The highest BCUT2D eigenvalue weighted by molar-refractivity contribution is 5.81. The van der Waals surface area contributed by atoms with E-state index >= 15 is 0 Å². The molecule has 0 radical (unpaired) electrons. The Kier molecular flexibility index (Phi) is 5.02. The number of hydrogen-bond acceptors (Lipinski definition) is 4. The molecule has 1 aromatic carbocycles. The Labute approximate surface area is 138 Å². The molecule has 2 aliphatic rings. The van der Waals surface area contributed by atoms with Crippen molar-refractivity contribution in [2.75, 3.05) is 20.1 Å². The maximum atomic E-state index is 12.9. The van der Waals surface area contributed by atoms with Crippen LogP contribution in [-0.2, 0) is 15.1 Å². The zero-order valence-corrected chi connectivity index (χ0v) is 13.9. The normalized spacial score (nSPS) is 25.9. The molecule has 23 heavy (non-hydrogen) atoms. The number of carbonyl (C=O) groups is 1. The fourth-order valence-electron chi connectivity index (χ4n) is 3.96. The van der Waals surface area contributed by atoms with Gasteiger partial charge in [0, 0.05) is 19.0 Å². The van der Waals surface area contributed by atoms with Gasteiger partial charge in [-0.1, -0.05) is 49.6 Å². The molecule has 1 N–H and O–H groups in total. The molecule has 4 nitrogen and oxygen atoms in total. The molecular formula is C19H27NO3. The van der Waals surface area contributed by atoms with Crippen LogP contribution in [0.4, 0.5) is 0 Å². The van der Waals surface area contributed by atoms with E-state index in [1.165, 1.54) is 6.42 Å².